The first kappa shape index (κ1) is 19.1. The zero-order valence-electron chi connectivity index (χ0n) is 14.8. The number of aromatic nitrogens is 1. The summed E-state index contributed by atoms with van der Waals surface area (Å²) in [6.45, 7) is 13.0. The fraction of sp³-hybridized carbons (Fsp3) is 0.444. The molecule has 0 spiro atoms. The Morgan fingerprint density at radius 2 is 1.50 bits per heavy atom. The van der Waals surface area contributed by atoms with Crippen molar-refractivity contribution in [1.29, 1.82) is 10.5 Å². The van der Waals surface area contributed by atoms with Crippen molar-refractivity contribution in [2.45, 2.75) is 65.9 Å². The first-order valence-electron chi connectivity index (χ1n) is 7.56. The van der Waals surface area contributed by atoms with Gasteiger partial charge in [-0.1, -0.05) is 41.5 Å². The molecule has 0 saturated heterocycles. The van der Waals surface area contributed by atoms with Gasteiger partial charge in [0.2, 0.25) is 0 Å². The predicted molar refractivity (Wildman–Crippen MR) is 105 cm³/mol. The van der Waals surface area contributed by atoms with Gasteiger partial charge in [-0.3, -0.25) is 0 Å². The maximum absolute atomic E-state index is 9.35. The van der Waals surface area contributed by atoms with Gasteiger partial charge in [0.25, 0.3) is 0 Å². The highest BCUT2D eigenvalue weighted by Crippen LogP contribution is 2.48. The molecule has 0 fully saturated rings. The molecule has 2 rings (SSSR count). The van der Waals surface area contributed by atoms with Gasteiger partial charge in [-0.25, -0.2) is 0 Å². The molecule has 0 unspecified atom stereocenters. The lowest BCUT2D eigenvalue weighted by atomic mass is 10.1. The second-order valence-corrected chi connectivity index (χ2v) is 11.6. The Kier molecular flexibility index (Phi) is 5.25. The van der Waals surface area contributed by atoms with E-state index in [1.165, 1.54) is 0 Å². The van der Waals surface area contributed by atoms with E-state index >= 15 is 0 Å². The fourth-order valence-corrected chi connectivity index (χ4v) is 4.96. The second-order valence-electron chi connectivity index (χ2n) is 7.49. The molecule has 0 N–H and O–H groups in total. The maximum atomic E-state index is 9.35. The summed E-state index contributed by atoms with van der Waals surface area (Å²) in [5.41, 5.74) is 1.64. The minimum absolute atomic E-state index is 0.0163. The Bertz CT molecular complexity index is 869. The van der Waals surface area contributed by atoms with Gasteiger partial charge in [0.15, 0.2) is 0 Å². The molecule has 24 heavy (non-hydrogen) atoms. The van der Waals surface area contributed by atoms with E-state index in [1.54, 1.807) is 35.8 Å². The SMILES string of the molecule is CC(C)(C)Sc1c(S)c2cc(C#N)c(C#N)cn2c1SC(C)(C)C. The van der Waals surface area contributed by atoms with Crippen molar-refractivity contribution < 1.29 is 0 Å². The predicted octanol–water partition coefficient (Wildman–Crippen LogP) is 5.75. The lowest BCUT2D eigenvalue weighted by molar-refractivity contribution is 0.786. The molecule has 0 saturated carbocycles. The number of hydrogen-bond acceptors (Lipinski definition) is 5. The van der Waals surface area contributed by atoms with Crippen LogP contribution in [0.15, 0.2) is 27.1 Å². The molecular formula is C18H21N3S3. The molecule has 6 heteroatoms. The molecule has 0 aliphatic rings. The van der Waals surface area contributed by atoms with Crippen molar-refractivity contribution in [2.75, 3.05) is 0 Å². The highest BCUT2D eigenvalue weighted by atomic mass is 32.2. The first-order chi connectivity index (χ1) is 11.0. The third-order valence-corrected chi connectivity index (χ3v) is 6.17. The highest BCUT2D eigenvalue weighted by Gasteiger charge is 2.26. The number of rotatable bonds is 2. The summed E-state index contributed by atoms with van der Waals surface area (Å²) in [7, 11) is 0. The largest absolute Gasteiger partial charge is 0.308 e. The minimum atomic E-state index is 0.0163. The Morgan fingerprint density at radius 1 is 0.958 bits per heavy atom. The number of thioether (sulfide) groups is 2. The van der Waals surface area contributed by atoms with Gasteiger partial charge < -0.3 is 4.40 Å². The Hall–Kier alpha value is -1.21. The van der Waals surface area contributed by atoms with E-state index in [-0.39, 0.29) is 9.49 Å². The molecule has 3 nitrogen and oxygen atoms in total. The van der Waals surface area contributed by atoms with Crippen LogP contribution in [0.1, 0.15) is 52.7 Å². The monoisotopic (exact) mass is 375 g/mol. The number of nitriles is 2. The van der Waals surface area contributed by atoms with Crippen molar-refractivity contribution in [3.05, 3.63) is 23.4 Å². The van der Waals surface area contributed by atoms with E-state index in [2.05, 4.69) is 53.7 Å². The van der Waals surface area contributed by atoms with Gasteiger partial charge in [0.1, 0.15) is 12.1 Å². The molecule has 2 heterocycles. The molecular weight excluding hydrogens is 354 g/mol. The molecule has 0 atom stereocenters. The number of hydrogen-bond donors (Lipinski definition) is 1. The smallest absolute Gasteiger partial charge is 0.102 e. The molecule has 0 radical (unpaired) electrons. The number of thiol groups is 1. The minimum Gasteiger partial charge on any atom is -0.308 e. The van der Waals surface area contributed by atoms with Gasteiger partial charge in [0.05, 0.1) is 26.6 Å². The molecule has 2 aromatic rings. The van der Waals surface area contributed by atoms with E-state index in [4.69, 9.17) is 12.6 Å². The van der Waals surface area contributed by atoms with Crippen LogP contribution in [-0.4, -0.2) is 13.9 Å². The molecule has 0 aliphatic carbocycles. The van der Waals surface area contributed by atoms with E-state index in [1.807, 2.05) is 4.40 Å². The van der Waals surface area contributed by atoms with Gasteiger partial charge in [-0.05, 0) is 6.07 Å². The Balaban J connectivity index is 2.84. The topological polar surface area (TPSA) is 52.0 Å². The number of fused-ring (bicyclic) bond motifs is 1. The van der Waals surface area contributed by atoms with Gasteiger partial charge >= 0.3 is 0 Å². The summed E-state index contributed by atoms with van der Waals surface area (Å²) < 4.78 is 2.06. The third kappa shape index (κ3) is 4.06. The zero-order valence-corrected chi connectivity index (χ0v) is 17.3. The second kappa shape index (κ2) is 6.59. The molecule has 0 amide bonds. The van der Waals surface area contributed by atoms with Crippen molar-refractivity contribution in [1.82, 2.24) is 4.40 Å². The van der Waals surface area contributed by atoms with Crippen LogP contribution in [-0.2, 0) is 0 Å². The van der Waals surface area contributed by atoms with E-state index in [0.717, 1.165) is 20.3 Å². The quantitative estimate of drug-likeness (QED) is 0.536. The lowest BCUT2D eigenvalue weighted by Gasteiger charge is -2.22. The van der Waals surface area contributed by atoms with E-state index in [0.29, 0.717) is 11.1 Å². The summed E-state index contributed by atoms with van der Waals surface area (Å²) in [5, 5.41) is 19.7. The number of nitrogens with zero attached hydrogens (tertiary/aromatic N) is 3. The molecule has 0 bridgehead atoms. The van der Waals surface area contributed by atoms with Crippen molar-refractivity contribution in [2.24, 2.45) is 0 Å². The summed E-state index contributed by atoms with van der Waals surface area (Å²) in [4.78, 5) is 1.97. The van der Waals surface area contributed by atoms with Crippen LogP contribution in [0.5, 0.6) is 0 Å². The third-order valence-electron chi connectivity index (χ3n) is 3.01. The van der Waals surface area contributed by atoms with E-state index < -0.39 is 0 Å². The highest BCUT2D eigenvalue weighted by molar-refractivity contribution is 8.03. The summed E-state index contributed by atoms with van der Waals surface area (Å²) in [5.74, 6) is 0. The van der Waals surface area contributed by atoms with Crippen LogP contribution in [0, 0.1) is 22.7 Å². The summed E-state index contributed by atoms with van der Waals surface area (Å²) in [6.07, 6.45) is 1.76. The van der Waals surface area contributed by atoms with Crippen LogP contribution < -0.4 is 0 Å². The average molecular weight is 376 g/mol. The molecule has 0 aliphatic heterocycles. The fourth-order valence-electron chi connectivity index (χ4n) is 2.20. The molecule has 2 aromatic heterocycles. The average Bonchev–Trinajstić information content (AvgIpc) is 2.68. The Labute approximate surface area is 157 Å². The van der Waals surface area contributed by atoms with Crippen LogP contribution in [0.2, 0.25) is 0 Å². The standard InChI is InChI=1S/C18H21N3S3/c1-17(2,3)23-15-14(22)13-7-11(8-19)12(9-20)10-21(13)16(15)24-18(4,5)6/h7,10,22H,1-6H3. The van der Waals surface area contributed by atoms with E-state index in [9.17, 15) is 10.5 Å². The van der Waals surface area contributed by atoms with Gasteiger partial charge in [-0.15, -0.1) is 36.2 Å². The van der Waals surface area contributed by atoms with Gasteiger partial charge in [-0.2, -0.15) is 10.5 Å². The maximum Gasteiger partial charge on any atom is 0.102 e. The van der Waals surface area contributed by atoms with Crippen molar-refractivity contribution in [3.8, 4) is 12.1 Å². The normalized spacial score (nSPS) is 12.2. The molecule has 126 valence electrons. The number of pyridine rings is 1. The zero-order chi connectivity index (χ0) is 18.3. The van der Waals surface area contributed by atoms with Crippen molar-refractivity contribution >= 4 is 41.7 Å². The van der Waals surface area contributed by atoms with Crippen LogP contribution in [0.25, 0.3) is 5.52 Å². The van der Waals surface area contributed by atoms with Crippen molar-refractivity contribution in [3.63, 3.8) is 0 Å². The van der Waals surface area contributed by atoms with Crippen LogP contribution >= 0.6 is 36.2 Å². The first-order valence-corrected chi connectivity index (χ1v) is 9.64. The summed E-state index contributed by atoms with van der Waals surface area (Å²) >= 11 is 8.26. The van der Waals surface area contributed by atoms with Crippen LogP contribution in [0.3, 0.4) is 0 Å². The van der Waals surface area contributed by atoms with Crippen LogP contribution in [0.4, 0.5) is 0 Å². The molecule has 0 aromatic carbocycles. The lowest BCUT2D eigenvalue weighted by Crippen LogP contribution is -2.10. The Morgan fingerprint density at radius 3 is 1.96 bits per heavy atom. The summed E-state index contributed by atoms with van der Waals surface area (Å²) in [6, 6.07) is 5.99. The van der Waals surface area contributed by atoms with Gasteiger partial charge in [0, 0.05) is 20.6 Å².